The second-order valence-electron chi connectivity index (χ2n) is 17.6. The van der Waals surface area contributed by atoms with Crippen molar-refractivity contribution < 1.29 is 0 Å². The minimum absolute atomic E-state index is 1.08. The highest BCUT2D eigenvalue weighted by Gasteiger charge is 2.41. The lowest BCUT2D eigenvalue weighted by molar-refractivity contribution is 1.18. The van der Waals surface area contributed by atoms with Crippen molar-refractivity contribution in [2.45, 2.75) is 0 Å². The van der Waals surface area contributed by atoms with Gasteiger partial charge in [-0.25, -0.2) is 0 Å². The highest BCUT2D eigenvalue weighted by atomic mass is 28.3. The van der Waals surface area contributed by atoms with Gasteiger partial charge in [0.15, 0.2) is 8.07 Å². The molecule has 0 bridgehead atoms. The Kier molecular flexibility index (Phi) is 11.0. The summed E-state index contributed by atoms with van der Waals surface area (Å²) in [5, 5.41) is 7.75. The SMILES string of the molecule is c1ccc(-c2ccc(-c3ccc(N(c4cccc([Si](c5ccccc5)(c5ccccc5)c5ccccc5)c4)c4cccc5c4c4ccccc4n5-c4ccccc4)cc3)c(-c3ccccc3)c2)cc1. The van der Waals surface area contributed by atoms with Gasteiger partial charge in [-0.05, 0) is 115 Å². The Balaban J connectivity index is 1.10. The third-order valence-corrected chi connectivity index (χ3v) is 18.5. The topological polar surface area (TPSA) is 8.17 Å². The highest BCUT2D eigenvalue weighted by molar-refractivity contribution is 7.19. The first-order chi connectivity index (χ1) is 34.3. The third-order valence-electron chi connectivity index (χ3n) is 13.7. The average molecular weight is 897 g/mol. The Morgan fingerprint density at radius 3 is 1.39 bits per heavy atom. The third kappa shape index (κ3) is 7.46. The maximum Gasteiger partial charge on any atom is 0.179 e. The Morgan fingerprint density at radius 1 is 0.290 bits per heavy atom. The zero-order chi connectivity index (χ0) is 46.0. The van der Waals surface area contributed by atoms with E-state index in [0.717, 1.165) is 33.8 Å². The summed E-state index contributed by atoms with van der Waals surface area (Å²) in [4.78, 5) is 2.49. The molecular formula is C66H48N2Si. The lowest BCUT2D eigenvalue weighted by Crippen LogP contribution is -2.74. The second kappa shape index (κ2) is 18.1. The molecule has 12 rings (SSSR count). The Labute approximate surface area is 405 Å². The molecule has 0 aliphatic heterocycles. The smallest absolute Gasteiger partial charge is 0.179 e. The van der Waals surface area contributed by atoms with Gasteiger partial charge in [-0.15, -0.1) is 0 Å². The molecule has 0 N–H and O–H groups in total. The fourth-order valence-electron chi connectivity index (χ4n) is 10.7. The molecule has 0 saturated heterocycles. The van der Waals surface area contributed by atoms with Crippen molar-refractivity contribution in [1.82, 2.24) is 4.57 Å². The summed E-state index contributed by atoms with van der Waals surface area (Å²) in [6.07, 6.45) is 0. The lowest BCUT2D eigenvalue weighted by atomic mass is 9.91. The number of nitrogens with zero attached hydrogens (tertiary/aromatic N) is 2. The average Bonchev–Trinajstić information content (AvgIpc) is 3.78. The van der Waals surface area contributed by atoms with Crippen LogP contribution in [0.5, 0.6) is 0 Å². The number of benzene rings is 11. The van der Waals surface area contributed by atoms with Crippen LogP contribution in [0.15, 0.2) is 291 Å². The van der Waals surface area contributed by atoms with Gasteiger partial charge in [0.25, 0.3) is 0 Å². The lowest BCUT2D eigenvalue weighted by Gasteiger charge is -2.35. The predicted molar refractivity (Wildman–Crippen MR) is 295 cm³/mol. The van der Waals surface area contributed by atoms with Crippen molar-refractivity contribution in [2.75, 3.05) is 4.90 Å². The maximum absolute atomic E-state index is 2.87. The van der Waals surface area contributed by atoms with E-state index in [-0.39, 0.29) is 0 Å². The molecule has 0 atom stereocenters. The number of para-hydroxylation sites is 2. The normalized spacial score (nSPS) is 11.5. The number of rotatable bonds is 11. The van der Waals surface area contributed by atoms with E-state index >= 15 is 0 Å². The molecule has 11 aromatic carbocycles. The van der Waals surface area contributed by atoms with E-state index in [1.54, 1.807) is 0 Å². The predicted octanol–water partition coefficient (Wildman–Crippen LogP) is 14.6. The summed E-state index contributed by atoms with van der Waals surface area (Å²) >= 11 is 0. The van der Waals surface area contributed by atoms with Gasteiger partial charge in [-0.3, -0.25) is 0 Å². The van der Waals surface area contributed by atoms with Crippen molar-refractivity contribution in [3.05, 3.63) is 291 Å². The molecule has 3 heteroatoms. The zero-order valence-corrected chi connectivity index (χ0v) is 39.1. The van der Waals surface area contributed by atoms with Gasteiger partial charge in [0.1, 0.15) is 0 Å². The van der Waals surface area contributed by atoms with E-state index in [1.165, 1.54) is 64.9 Å². The van der Waals surface area contributed by atoms with Crippen LogP contribution in [0, 0.1) is 0 Å². The fourth-order valence-corrected chi connectivity index (χ4v) is 15.5. The van der Waals surface area contributed by atoms with Crippen LogP contribution in [0.25, 0.3) is 60.9 Å². The van der Waals surface area contributed by atoms with Gasteiger partial charge in [0.2, 0.25) is 0 Å². The van der Waals surface area contributed by atoms with Crippen molar-refractivity contribution in [3.63, 3.8) is 0 Å². The number of aromatic nitrogens is 1. The minimum Gasteiger partial charge on any atom is -0.310 e. The first-order valence-corrected chi connectivity index (χ1v) is 25.8. The standard InChI is InChI=1S/C66H48N2Si/c1-7-23-49(24-8-1)52-43-46-60(62(47-52)50-25-9-2-10-26-50)51-41-44-54(45-42-51)67(64-39-22-40-65-66(64)61-37-19-20-38-63(61)68(65)53-27-11-3-12-28-53)55-29-21-36-59(48-55)69(56-30-13-4-14-31-56,57-32-15-5-16-33-57)58-34-17-6-18-35-58/h1-48H. The summed E-state index contributed by atoms with van der Waals surface area (Å²) in [5.74, 6) is 0. The summed E-state index contributed by atoms with van der Waals surface area (Å²) in [7, 11) is -2.87. The quantitative estimate of drug-likeness (QED) is 0.0928. The Morgan fingerprint density at radius 2 is 0.768 bits per heavy atom. The van der Waals surface area contributed by atoms with Gasteiger partial charge in [0.05, 0.1) is 16.7 Å². The molecule has 0 fully saturated rings. The van der Waals surface area contributed by atoms with Crippen LogP contribution in [-0.2, 0) is 0 Å². The molecule has 0 unspecified atom stereocenters. The summed E-state index contributed by atoms with van der Waals surface area (Å²) in [6.45, 7) is 0. The Bertz CT molecular complexity index is 3590. The molecule has 69 heavy (non-hydrogen) atoms. The summed E-state index contributed by atoms with van der Waals surface area (Å²) in [6, 6.07) is 107. The van der Waals surface area contributed by atoms with Gasteiger partial charge in [-0.1, -0.05) is 231 Å². The van der Waals surface area contributed by atoms with Crippen LogP contribution in [0.4, 0.5) is 17.1 Å². The monoisotopic (exact) mass is 896 g/mol. The minimum atomic E-state index is -2.87. The fraction of sp³-hybridized carbons (Fsp3) is 0. The maximum atomic E-state index is 2.49. The van der Waals surface area contributed by atoms with Crippen molar-refractivity contribution in [3.8, 4) is 39.1 Å². The van der Waals surface area contributed by atoms with E-state index in [2.05, 4.69) is 301 Å². The van der Waals surface area contributed by atoms with Crippen LogP contribution in [0.2, 0.25) is 0 Å². The van der Waals surface area contributed by atoms with E-state index in [1.807, 2.05) is 0 Å². The molecule has 0 aliphatic rings. The number of hydrogen-bond donors (Lipinski definition) is 0. The van der Waals surface area contributed by atoms with Gasteiger partial charge in [-0.2, -0.15) is 0 Å². The molecule has 1 aromatic heterocycles. The van der Waals surface area contributed by atoms with Crippen LogP contribution in [-0.4, -0.2) is 12.6 Å². The van der Waals surface area contributed by atoms with Gasteiger partial charge < -0.3 is 9.47 Å². The van der Waals surface area contributed by atoms with Crippen LogP contribution < -0.4 is 25.6 Å². The van der Waals surface area contributed by atoms with E-state index in [4.69, 9.17) is 0 Å². The molecule has 0 aliphatic carbocycles. The number of anilines is 3. The summed E-state index contributed by atoms with van der Waals surface area (Å²) < 4.78 is 2.41. The van der Waals surface area contributed by atoms with Gasteiger partial charge in [0, 0.05) is 27.8 Å². The molecule has 0 amide bonds. The Hall–Kier alpha value is -8.76. The van der Waals surface area contributed by atoms with Crippen LogP contribution in [0.1, 0.15) is 0 Å². The van der Waals surface area contributed by atoms with Crippen LogP contribution >= 0.6 is 0 Å². The molecule has 2 nitrogen and oxygen atoms in total. The molecule has 0 spiro atoms. The molecular weight excluding hydrogens is 849 g/mol. The second-order valence-corrected chi connectivity index (χ2v) is 21.4. The molecule has 12 aromatic rings. The van der Waals surface area contributed by atoms with E-state index < -0.39 is 8.07 Å². The first-order valence-electron chi connectivity index (χ1n) is 23.8. The number of hydrogen-bond acceptors (Lipinski definition) is 1. The first kappa shape index (κ1) is 41.7. The summed E-state index contributed by atoms with van der Waals surface area (Å²) in [5.41, 5.74) is 13.9. The molecule has 0 radical (unpaired) electrons. The van der Waals surface area contributed by atoms with E-state index in [0.29, 0.717) is 0 Å². The molecule has 0 saturated carbocycles. The van der Waals surface area contributed by atoms with Crippen LogP contribution in [0.3, 0.4) is 0 Å². The zero-order valence-electron chi connectivity index (χ0n) is 38.1. The van der Waals surface area contributed by atoms with Crippen molar-refractivity contribution >= 4 is 67.7 Å². The van der Waals surface area contributed by atoms with Crippen molar-refractivity contribution in [1.29, 1.82) is 0 Å². The molecule has 1 heterocycles. The van der Waals surface area contributed by atoms with Crippen molar-refractivity contribution in [2.24, 2.45) is 0 Å². The van der Waals surface area contributed by atoms with E-state index in [9.17, 15) is 0 Å². The number of fused-ring (bicyclic) bond motifs is 3. The molecule has 326 valence electrons. The highest BCUT2D eigenvalue weighted by Crippen LogP contribution is 2.45. The largest absolute Gasteiger partial charge is 0.310 e. The van der Waals surface area contributed by atoms with Gasteiger partial charge >= 0.3 is 0 Å².